The van der Waals surface area contributed by atoms with Crippen LogP contribution in [0.4, 0.5) is 0 Å². The maximum atomic E-state index is 2.30. The van der Waals surface area contributed by atoms with E-state index in [-0.39, 0.29) is 51.0 Å². The maximum absolute atomic E-state index is 2.30. The van der Waals surface area contributed by atoms with Crippen LogP contribution in [0.5, 0.6) is 0 Å². The van der Waals surface area contributed by atoms with Crippen molar-refractivity contribution in [2.24, 2.45) is 0 Å². The fourth-order valence-corrected chi connectivity index (χ4v) is 3.58. The molecule has 0 saturated carbocycles. The number of fused-ring (bicyclic) bond motifs is 4. The van der Waals surface area contributed by atoms with E-state index in [1.807, 2.05) is 0 Å². The third kappa shape index (κ3) is 4.97. The number of allylic oxidation sites excluding steroid dienone is 1. The Morgan fingerprint density at radius 3 is 1.85 bits per heavy atom. The van der Waals surface area contributed by atoms with Crippen LogP contribution in [-0.2, 0) is 26.2 Å². The van der Waals surface area contributed by atoms with E-state index in [1.54, 1.807) is 0 Å². The first kappa shape index (κ1) is 23.8. The van der Waals surface area contributed by atoms with Crippen molar-refractivity contribution in [2.75, 3.05) is 0 Å². The summed E-state index contributed by atoms with van der Waals surface area (Å²) in [4.78, 5) is 0. The van der Waals surface area contributed by atoms with Crippen LogP contribution < -0.4 is 24.8 Å². The van der Waals surface area contributed by atoms with Gasteiger partial charge in [0.25, 0.3) is 0 Å². The van der Waals surface area contributed by atoms with E-state index in [0.29, 0.717) is 5.92 Å². The Bertz CT molecular complexity index is 967. The zero-order valence-corrected chi connectivity index (χ0v) is 19.2. The van der Waals surface area contributed by atoms with E-state index < -0.39 is 0 Å². The first-order valence-electron chi connectivity index (χ1n) is 8.67. The van der Waals surface area contributed by atoms with Gasteiger partial charge in [0.05, 0.1) is 0 Å². The number of rotatable bonds is 1. The molecule has 0 N–H and O–H groups in total. The summed E-state index contributed by atoms with van der Waals surface area (Å²) in [7, 11) is 0. The van der Waals surface area contributed by atoms with Gasteiger partial charge in [0.2, 0.25) is 0 Å². The molecule has 0 amide bonds. The van der Waals surface area contributed by atoms with Gasteiger partial charge in [-0.15, -0.1) is 39.7 Å². The van der Waals surface area contributed by atoms with Crippen LogP contribution in [-0.4, -0.2) is 0 Å². The van der Waals surface area contributed by atoms with Gasteiger partial charge < -0.3 is 24.8 Å². The largest absolute Gasteiger partial charge is 3.00 e. The summed E-state index contributed by atoms with van der Waals surface area (Å²) in [5.74, 6) is 0.672. The normalized spacial score (nSPS) is 13.6. The summed E-state index contributed by atoms with van der Waals surface area (Å²) >= 11 is 0. The summed E-state index contributed by atoms with van der Waals surface area (Å²) < 4.78 is 0. The molecule has 3 heteroatoms. The maximum Gasteiger partial charge on any atom is 3.00 e. The number of hydrogen-bond acceptors (Lipinski definition) is 0. The molecule has 1 unspecified atom stereocenters. The molecule has 135 valence electrons. The topological polar surface area (TPSA) is 0 Å². The molecule has 1 aliphatic rings. The molecule has 0 nitrogen and oxygen atoms in total. The van der Waals surface area contributed by atoms with E-state index in [1.165, 1.54) is 39.1 Å². The van der Waals surface area contributed by atoms with Crippen molar-refractivity contribution in [1.82, 2.24) is 0 Å². The minimum absolute atomic E-state index is 0. The summed E-state index contributed by atoms with van der Waals surface area (Å²) in [6.45, 7) is 2.23. The molecule has 4 aromatic rings. The average Bonchev–Trinajstić information content (AvgIpc) is 3.23. The van der Waals surface area contributed by atoms with Crippen molar-refractivity contribution in [1.29, 1.82) is 0 Å². The van der Waals surface area contributed by atoms with Crippen molar-refractivity contribution in [2.45, 2.75) is 19.3 Å². The molecule has 0 aliphatic heterocycles. The van der Waals surface area contributed by atoms with Gasteiger partial charge in [-0.25, -0.2) is 0 Å². The van der Waals surface area contributed by atoms with Gasteiger partial charge in [-0.05, 0) is 17.5 Å². The van der Waals surface area contributed by atoms with E-state index in [4.69, 9.17) is 0 Å². The molecule has 1 aliphatic carbocycles. The quantitative estimate of drug-likeness (QED) is 0.363. The summed E-state index contributed by atoms with van der Waals surface area (Å²) in [6, 6.07) is 27.9. The minimum atomic E-state index is 0. The SMILES string of the molecule is CCC1C=Cc2ccccc21.[Cl-].[Cl-].[Zr+3].c1ccc2c(c1)[cH-]c1ccccc12. The van der Waals surface area contributed by atoms with Gasteiger partial charge >= 0.3 is 26.2 Å². The third-order valence-electron chi connectivity index (χ3n) is 4.87. The van der Waals surface area contributed by atoms with Crippen LogP contribution in [0.3, 0.4) is 0 Å². The smallest absolute Gasteiger partial charge is 1.00 e. The van der Waals surface area contributed by atoms with Crippen LogP contribution in [0.15, 0.2) is 84.9 Å². The van der Waals surface area contributed by atoms with Gasteiger partial charge in [-0.2, -0.15) is 0 Å². The van der Waals surface area contributed by atoms with Crippen LogP contribution in [0.25, 0.3) is 27.6 Å². The molecule has 1 radical (unpaired) electrons. The monoisotopic (exact) mass is 469 g/mol. The molecular formula is C24H21Cl2Zr. The van der Waals surface area contributed by atoms with Gasteiger partial charge in [0.1, 0.15) is 0 Å². The van der Waals surface area contributed by atoms with Gasteiger partial charge in [0, 0.05) is 5.92 Å². The molecule has 1 atom stereocenters. The molecule has 0 aromatic heterocycles. The van der Waals surface area contributed by atoms with Crippen LogP contribution >= 0.6 is 0 Å². The Hall–Kier alpha value is -1.27. The fourth-order valence-electron chi connectivity index (χ4n) is 3.58. The second kappa shape index (κ2) is 10.9. The molecule has 0 saturated heterocycles. The first-order chi connectivity index (χ1) is 11.9. The molecular weight excluding hydrogens is 450 g/mol. The average molecular weight is 472 g/mol. The Morgan fingerprint density at radius 2 is 1.26 bits per heavy atom. The number of halogens is 2. The third-order valence-corrected chi connectivity index (χ3v) is 4.87. The molecule has 5 rings (SSSR count). The molecule has 0 heterocycles. The summed E-state index contributed by atoms with van der Waals surface area (Å²) in [5.41, 5.74) is 2.90. The van der Waals surface area contributed by atoms with E-state index in [0.717, 1.165) is 0 Å². The van der Waals surface area contributed by atoms with E-state index in [9.17, 15) is 0 Å². The van der Waals surface area contributed by atoms with Crippen molar-refractivity contribution < 1.29 is 51.0 Å². The standard InChI is InChI=1S/C13H9.C11H12.2ClH.Zr/c1-3-7-12-10(5-1)9-11-6-2-4-8-13(11)12;1-2-9-7-8-10-5-3-4-6-11(9)10;;;/h1-9H;3-9H,2H2,1H3;2*1H;/q-1;;;;+3/p-2. The van der Waals surface area contributed by atoms with Crippen LogP contribution in [0.1, 0.15) is 30.4 Å². The predicted molar refractivity (Wildman–Crippen MR) is 106 cm³/mol. The number of benzene rings is 3. The predicted octanol–water partition coefficient (Wildman–Crippen LogP) is 0.924. The zero-order valence-electron chi connectivity index (χ0n) is 15.2. The summed E-state index contributed by atoms with van der Waals surface area (Å²) in [5, 5.41) is 5.39. The molecule has 0 fully saturated rings. The van der Waals surface area contributed by atoms with Crippen molar-refractivity contribution >= 4 is 27.6 Å². The second-order valence-electron chi connectivity index (χ2n) is 6.32. The minimum Gasteiger partial charge on any atom is -1.00 e. The van der Waals surface area contributed by atoms with Crippen molar-refractivity contribution in [3.05, 3.63) is 96.1 Å². The van der Waals surface area contributed by atoms with Crippen LogP contribution in [0, 0.1) is 0 Å². The van der Waals surface area contributed by atoms with Crippen molar-refractivity contribution in [3.63, 3.8) is 0 Å². The second-order valence-corrected chi connectivity index (χ2v) is 6.32. The van der Waals surface area contributed by atoms with Gasteiger partial charge in [-0.3, -0.25) is 0 Å². The Labute approximate surface area is 193 Å². The molecule has 27 heavy (non-hydrogen) atoms. The van der Waals surface area contributed by atoms with E-state index in [2.05, 4.69) is 97.9 Å². The first-order valence-corrected chi connectivity index (χ1v) is 8.67. The summed E-state index contributed by atoms with van der Waals surface area (Å²) in [6.07, 6.45) is 5.74. The Morgan fingerprint density at radius 1 is 0.741 bits per heavy atom. The fraction of sp³-hybridized carbons (Fsp3) is 0.125. The van der Waals surface area contributed by atoms with Gasteiger partial charge in [0.15, 0.2) is 0 Å². The zero-order chi connectivity index (χ0) is 16.4. The molecule has 0 spiro atoms. The van der Waals surface area contributed by atoms with Crippen LogP contribution in [0.2, 0.25) is 0 Å². The Kier molecular flexibility index (Phi) is 9.61. The number of hydrogen-bond donors (Lipinski definition) is 0. The van der Waals surface area contributed by atoms with Crippen molar-refractivity contribution in [3.8, 4) is 0 Å². The Balaban J connectivity index is 0.000000246. The molecule has 0 bridgehead atoms. The van der Waals surface area contributed by atoms with Gasteiger partial charge in [-0.1, -0.05) is 79.7 Å². The molecule has 4 aromatic carbocycles. The van der Waals surface area contributed by atoms with E-state index >= 15 is 0 Å².